The highest BCUT2D eigenvalue weighted by Crippen LogP contribution is 2.24. The van der Waals surface area contributed by atoms with E-state index in [0.717, 1.165) is 19.3 Å². The summed E-state index contributed by atoms with van der Waals surface area (Å²) in [6, 6.07) is 0.376. The number of carbonyl (C=O) groups excluding carboxylic acids is 2. The van der Waals surface area contributed by atoms with Crippen molar-refractivity contribution in [3.05, 3.63) is 0 Å². The molecule has 0 radical (unpaired) electrons. The van der Waals surface area contributed by atoms with E-state index in [1.807, 2.05) is 0 Å². The van der Waals surface area contributed by atoms with Crippen LogP contribution in [0.5, 0.6) is 0 Å². The van der Waals surface area contributed by atoms with E-state index in [9.17, 15) is 9.59 Å². The average Bonchev–Trinajstić information content (AvgIpc) is 3.08. The second-order valence-electron chi connectivity index (χ2n) is 6.58. The minimum absolute atomic E-state index is 0.0166. The lowest BCUT2D eigenvalue weighted by molar-refractivity contribution is -0.125. The molecule has 5 nitrogen and oxygen atoms in total. The molecule has 1 atom stereocenters. The molecular formula is C14H27N3O2. The maximum absolute atomic E-state index is 11.9. The standard InChI is InChI=1S/C14H27N3O2/c1-14(2,3)8-10(9-15)13(19)16-7-6-12(18)17-11-4-5-11/h10-11H,4-9,15H2,1-3H3,(H,16,19)(H,17,18). The summed E-state index contributed by atoms with van der Waals surface area (Å²) < 4.78 is 0. The van der Waals surface area contributed by atoms with Crippen LogP contribution in [0.1, 0.15) is 46.5 Å². The van der Waals surface area contributed by atoms with Gasteiger partial charge in [-0.2, -0.15) is 0 Å². The fourth-order valence-corrected chi connectivity index (χ4v) is 1.99. The maximum Gasteiger partial charge on any atom is 0.224 e. The number of carbonyl (C=O) groups is 2. The molecule has 0 aliphatic heterocycles. The quantitative estimate of drug-likeness (QED) is 0.638. The Kier molecular flexibility index (Phi) is 5.79. The molecule has 1 aliphatic rings. The predicted octanol–water partition coefficient (Wildman–Crippen LogP) is 0.782. The van der Waals surface area contributed by atoms with Gasteiger partial charge in [0.2, 0.25) is 11.8 Å². The second-order valence-corrected chi connectivity index (χ2v) is 6.58. The number of hydrogen-bond donors (Lipinski definition) is 3. The van der Waals surface area contributed by atoms with Crippen LogP contribution in [0.2, 0.25) is 0 Å². The van der Waals surface area contributed by atoms with Crippen molar-refractivity contribution in [2.45, 2.75) is 52.5 Å². The fraction of sp³-hybridized carbons (Fsp3) is 0.857. The number of hydrogen-bond acceptors (Lipinski definition) is 3. The van der Waals surface area contributed by atoms with E-state index in [1.54, 1.807) is 0 Å². The van der Waals surface area contributed by atoms with Crippen molar-refractivity contribution in [3.63, 3.8) is 0 Å². The summed E-state index contributed by atoms with van der Waals surface area (Å²) in [5.41, 5.74) is 5.72. The van der Waals surface area contributed by atoms with Gasteiger partial charge in [-0.1, -0.05) is 20.8 Å². The van der Waals surface area contributed by atoms with Gasteiger partial charge in [-0.3, -0.25) is 9.59 Å². The molecule has 5 heteroatoms. The Morgan fingerprint density at radius 1 is 1.32 bits per heavy atom. The first kappa shape index (κ1) is 16.0. The van der Waals surface area contributed by atoms with Gasteiger partial charge in [-0.25, -0.2) is 0 Å². The van der Waals surface area contributed by atoms with Gasteiger partial charge < -0.3 is 16.4 Å². The van der Waals surface area contributed by atoms with Gasteiger partial charge in [0.1, 0.15) is 0 Å². The van der Waals surface area contributed by atoms with Crippen molar-refractivity contribution < 1.29 is 9.59 Å². The van der Waals surface area contributed by atoms with Gasteiger partial charge in [-0.15, -0.1) is 0 Å². The molecule has 0 saturated heterocycles. The Hall–Kier alpha value is -1.10. The molecule has 0 aromatic carbocycles. The maximum atomic E-state index is 11.9. The van der Waals surface area contributed by atoms with Gasteiger partial charge in [0.25, 0.3) is 0 Å². The number of amides is 2. The van der Waals surface area contributed by atoms with E-state index in [-0.39, 0.29) is 23.1 Å². The monoisotopic (exact) mass is 269 g/mol. The third-order valence-corrected chi connectivity index (χ3v) is 3.11. The first-order valence-corrected chi connectivity index (χ1v) is 7.09. The van der Waals surface area contributed by atoms with Crippen molar-refractivity contribution >= 4 is 11.8 Å². The summed E-state index contributed by atoms with van der Waals surface area (Å²) in [7, 11) is 0. The molecule has 1 fully saturated rings. The Morgan fingerprint density at radius 3 is 2.42 bits per heavy atom. The lowest BCUT2D eigenvalue weighted by Crippen LogP contribution is -2.39. The lowest BCUT2D eigenvalue weighted by Gasteiger charge is -2.24. The molecule has 1 unspecified atom stereocenters. The van der Waals surface area contributed by atoms with Crippen molar-refractivity contribution in [1.29, 1.82) is 0 Å². The van der Waals surface area contributed by atoms with Gasteiger partial charge in [0, 0.05) is 25.6 Å². The van der Waals surface area contributed by atoms with Crippen molar-refractivity contribution in [2.75, 3.05) is 13.1 Å². The molecule has 4 N–H and O–H groups in total. The molecule has 0 aromatic rings. The van der Waals surface area contributed by atoms with E-state index < -0.39 is 0 Å². The Balaban J connectivity index is 2.22. The molecule has 1 rings (SSSR count). The highest BCUT2D eigenvalue weighted by atomic mass is 16.2. The highest BCUT2D eigenvalue weighted by molar-refractivity contribution is 5.80. The van der Waals surface area contributed by atoms with Gasteiger partial charge in [0.05, 0.1) is 5.92 Å². The fourth-order valence-electron chi connectivity index (χ4n) is 1.99. The van der Waals surface area contributed by atoms with Crippen LogP contribution in [-0.4, -0.2) is 30.9 Å². The third kappa shape index (κ3) is 7.15. The zero-order valence-electron chi connectivity index (χ0n) is 12.3. The summed E-state index contributed by atoms with van der Waals surface area (Å²) in [6.07, 6.45) is 3.26. The second kappa shape index (κ2) is 6.89. The number of nitrogens with two attached hydrogens (primary N) is 1. The van der Waals surface area contributed by atoms with Crippen LogP contribution in [0, 0.1) is 11.3 Å². The van der Waals surface area contributed by atoms with Crippen molar-refractivity contribution in [1.82, 2.24) is 10.6 Å². The zero-order chi connectivity index (χ0) is 14.5. The van der Waals surface area contributed by atoms with E-state index in [1.165, 1.54) is 0 Å². The minimum atomic E-state index is -0.175. The lowest BCUT2D eigenvalue weighted by atomic mass is 9.84. The van der Waals surface area contributed by atoms with E-state index >= 15 is 0 Å². The third-order valence-electron chi connectivity index (χ3n) is 3.11. The molecule has 1 aliphatic carbocycles. The topological polar surface area (TPSA) is 84.2 Å². The van der Waals surface area contributed by atoms with Crippen LogP contribution >= 0.6 is 0 Å². The first-order valence-electron chi connectivity index (χ1n) is 7.09. The van der Waals surface area contributed by atoms with E-state index in [0.29, 0.717) is 25.6 Å². The molecular weight excluding hydrogens is 242 g/mol. The van der Waals surface area contributed by atoms with Crippen LogP contribution in [0.3, 0.4) is 0 Å². The SMILES string of the molecule is CC(C)(C)CC(CN)C(=O)NCCC(=O)NC1CC1. The summed E-state index contributed by atoms with van der Waals surface area (Å²) in [4.78, 5) is 23.4. The van der Waals surface area contributed by atoms with Crippen molar-refractivity contribution in [2.24, 2.45) is 17.1 Å². The summed E-state index contributed by atoms with van der Waals surface area (Å²) in [5.74, 6) is -0.203. The first-order chi connectivity index (χ1) is 8.81. The minimum Gasteiger partial charge on any atom is -0.355 e. The molecule has 0 heterocycles. The molecule has 0 spiro atoms. The summed E-state index contributed by atoms with van der Waals surface area (Å²) in [5, 5.41) is 5.70. The summed E-state index contributed by atoms with van der Waals surface area (Å²) >= 11 is 0. The number of nitrogens with one attached hydrogen (secondary N) is 2. The average molecular weight is 269 g/mol. The van der Waals surface area contributed by atoms with Gasteiger partial charge >= 0.3 is 0 Å². The largest absolute Gasteiger partial charge is 0.355 e. The molecule has 110 valence electrons. The summed E-state index contributed by atoms with van der Waals surface area (Å²) in [6.45, 7) is 7.00. The predicted molar refractivity (Wildman–Crippen MR) is 75.4 cm³/mol. The normalized spacial score (nSPS) is 16.8. The molecule has 0 aromatic heterocycles. The molecule has 1 saturated carbocycles. The number of rotatable bonds is 7. The van der Waals surface area contributed by atoms with E-state index in [2.05, 4.69) is 31.4 Å². The van der Waals surface area contributed by atoms with Crippen LogP contribution in [0.4, 0.5) is 0 Å². The zero-order valence-corrected chi connectivity index (χ0v) is 12.3. The van der Waals surface area contributed by atoms with Crippen LogP contribution in [0.15, 0.2) is 0 Å². The molecule has 19 heavy (non-hydrogen) atoms. The Morgan fingerprint density at radius 2 is 1.95 bits per heavy atom. The Labute approximate surface area is 115 Å². The van der Waals surface area contributed by atoms with E-state index in [4.69, 9.17) is 5.73 Å². The van der Waals surface area contributed by atoms with Gasteiger partial charge in [-0.05, 0) is 24.7 Å². The Bertz CT molecular complexity index is 319. The smallest absolute Gasteiger partial charge is 0.224 e. The molecule has 0 bridgehead atoms. The van der Waals surface area contributed by atoms with Crippen LogP contribution in [0.25, 0.3) is 0 Å². The van der Waals surface area contributed by atoms with Gasteiger partial charge in [0.15, 0.2) is 0 Å². The highest BCUT2D eigenvalue weighted by Gasteiger charge is 2.24. The molecule has 2 amide bonds. The van der Waals surface area contributed by atoms with Crippen LogP contribution < -0.4 is 16.4 Å². The van der Waals surface area contributed by atoms with Crippen molar-refractivity contribution in [3.8, 4) is 0 Å². The van der Waals surface area contributed by atoms with Crippen LogP contribution in [-0.2, 0) is 9.59 Å².